The van der Waals surface area contributed by atoms with Crippen molar-refractivity contribution in [3.05, 3.63) is 94.6 Å². The van der Waals surface area contributed by atoms with Crippen LogP contribution >= 0.6 is 0 Å². The third kappa shape index (κ3) is 3.28. The van der Waals surface area contributed by atoms with Crippen LogP contribution in [0.3, 0.4) is 0 Å². The zero-order valence-electron chi connectivity index (χ0n) is 17.9. The van der Waals surface area contributed by atoms with Crippen LogP contribution in [0.25, 0.3) is 44.5 Å². The highest BCUT2D eigenvalue weighted by Crippen LogP contribution is 2.42. The van der Waals surface area contributed by atoms with Gasteiger partial charge in [0.1, 0.15) is 24.6 Å². The lowest BCUT2D eigenvalue weighted by Crippen LogP contribution is -2.15. The van der Waals surface area contributed by atoms with E-state index in [1.54, 1.807) is 30.3 Å². The van der Waals surface area contributed by atoms with Crippen molar-refractivity contribution in [2.24, 2.45) is 0 Å². The van der Waals surface area contributed by atoms with E-state index in [1.807, 2.05) is 36.4 Å². The van der Waals surface area contributed by atoms with Crippen molar-refractivity contribution in [1.82, 2.24) is 0 Å². The summed E-state index contributed by atoms with van der Waals surface area (Å²) < 4.78 is 17.5. The van der Waals surface area contributed by atoms with Gasteiger partial charge in [0.15, 0.2) is 16.9 Å². The Balaban J connectivity index is 1.62. The van der Waals surface area contributed by atoms with Crippen LogP contribution in [0.2, 0.25) is 0 Å². The molecule has 6 rings (SSSR count). The quantitative estimate of drug-likeness (QED) is 0.355. The molecule has 2 heterocycles. The Labute approximate surface area is 194 Å². The summed E-state index contributed by atoms with van der Waals surface area (Å²) in [5, 5.41) is 10.6. The SMILES string of the molecule is O=C(O)c1ccccc1-c1c2ccc(=O)cc-2oc2cc(-c3ccc4c(c3)OCCO4)ccc12. The van der Waals surface area contributed by atoms with Crippen molar-refractivity contribution >= 4 is 16.9 Å². The minimum Gasteiger partial charge on any atom is -0.486 e. The maximum atomic E-state index is 12.1. The van der Waals surface area contributed by atoms with E-state index >= 15 is 0 Å². The van der Waals surface area contributed by atoms with Crippen LogP contribution in [0.15, 0.2) is 88.1 Å². The Bertz CT molecular complexity index is 1610. The lowest BCUT2D eigenvalue weighted by atomic mass is 9.90. The highest BCUT2D eigenvalue weighted by molar-refractivity contribution is 6.07. The number of carboxylic acid groups (broad SMARTS) is 1. The molecule has 0 saturated carbocycles. The van der Waals surface area contributed by atoms with E-state index in [0.29, 0.717) is 52.7 Å². The molecule has 0 bridgehead atoms. The molecule has 1 N–H and O–H groups in total. The Hall–Kier alpha value is -4.58. The zero-order chi connectivity index (χ0) is 23.2. The Morgan fingerprint density at radius 2 is 1.53 bits per heavy atom. The van der Waals surface area contributed by atoms with Gasteiger partial charge in [-0.2, -0.15) is 0 Å². The largest absolute Gasteiger partial charge is 0.486 e. The summed E-state index contributed by atoms with van der Waals surface area (Å²) in [7, 11) is 0. The molecule has 3 aromatic rings. The van der Waals surface area contributed by atoms with Crippen molar-refractivity contribution in [2.75, 3.05) is 13.2 Å². The summed E-state index contributed by atoms with van der Waals surface area (Å²) in [6.45, 7) is 1.02. The lowest BCUT2D eigenvalue weighted by Gasteiger charge is -2.19. The van der Waals surface area contributed by atoms with Gasteiger partial charge >= 0.3 is 5.97 Å². The Morgan fingerprint density at radius 1 is 0.765 bits per heavy atom. The molecule has 0 unspecified atom stereocenters. The summed E-state index contributed by atoms with van der Waals surface area (Å²) >= 11 is 0. The first kappa shape index (κ1) is 20.1. The molecule has 34 heavy (non-hydrogen) atoms. The smallest absolute Gasteiger partial charge is 0.336 e. The molecule has 0 amide bonds. The molecule has 0 fully saturated rings. The Morgan fingerprint density at radius 3 is 2.38 bits per heavy atom. The topological polar surface area (TPSA) is 86.0 Å². The predicted molar refractivity (Wildman–Crippen MR) is 128 cm³/mol. The molecular weight excluding hydrogens is 432 g/mol. The van der Waals surface area contributed by atoms with Gasteiger partial charge in [0, 0.05) is 22.6 Å². The van der Waals surface area contributed by atoms with Gasteiger partial charge < -0.3 is 19.0 Å². The summed E-state index contributed by atoms with van der Waals surface area (Å²) in [4.78, 5) is 24.1. The normalized spacial score (nSPS) is 12.7. The van der Waals surface area contributed by atoms with Crippen LogP contribution < -0.4 is 14.9 Å². The fourth-order valence-corrected chi connectivity index (χ4v) is 4.45. The number of carboxylic acids is 1. The molecule has 3 aromatic carbocycles. The van der Waals surface area contributed by atoms with E-state index in [0.717, 1.165) is 16.5 Å². The van der Waals surface area contributed by atoms with Crippen LogP contribution in [0.5, 0.6) is 11.5 Å². The molecule has 0 atom stereocenters. The van der Waals surface area contributed by atoms with Crippen LogP contribution in [-0.2, 0) is 0 Å². The second-order valence-corrected chi connectivity index (χ2v) is 8.06. The van der Waals surface area contributed by atoms with Gasteiger partial charge in [0.05, 0.1) is 5.56 Å². The van der Waals surface area contributed by atoms with Crippen molar-refractivity contribution < 1.29 is 23.8 Å². The minimum atomic E-state index is -1.02. The molecular formula is C28H18O6. The van der Waals surface area contributed by atoms with Crippen molar-refractivity contribution in [1.29, 1.82) is 0 Å². The minimum absolute atomic E-state index is 0.179. The average molecular weight is 450 g/mol. The summed E-state index contributed by atoms with van der Waals surface area (Å²) in [6, 6.07) is 22.9. The molecule has 0 saturated heterocycles. The maximum absolute atomic E-state index is 12.1. The average Bonchev–Trinajstić information content (AvgIpc) is 2.86. The van der Waals surface area contributed by atoms with E-state index in [2.05, 4.69) is 0 Å². The van der Waals surface area contributed by atoms with Crippen LogP contribution in [0, 0.1) is 0 Å². The lowest BCUT2D eigenvalue weighted by molar-refractivity contribution is 0.0697. The molecule has 3 aliphatic rings. The van der Waals surface area contributed by atoms with Gasteiger partial charge in [-0.25, -0.2) is 4.79 Å². The highest BCUT2D eigenvalue weighted by Gasteiger charge is 2.22. The third-order valence-electron chi connectivity index (χ3n) is 6.00. The highest BCUT2D eigenvalue weighted by atomic mass is 16.6. The predicted octanol–water partition coefficient (Wildman–Crippen LogP) is 5.70. The van der Waals surface area contributed by atoms with E-state index in [4.69, 9.17) is 13.9 Å². The van der Waals surface area contributed by atoms with E-state index in [9.17, 15) is 14.7 Å². The first-order chi connectivity index (χ1) is 16.6. The number of benzene rings is 4. The molecule has 2 aliphatic heterocycles. The van der Waals surface area contributed by atoms with Crippen LogP contribution in [0.4, 0.5) is 0 Å². The van der Waals surface area contributed by atoms with E-state index in [-0.39, 0.29) is 11.0 Å². The summed E-state index contributed by atoms with van der Waals surface area (Å²) in [5.41, 5.74) is 4.30. The molecule has 166 valence electrons. The number of ether oxygens (including phenoxy) is 2. The molecule has 1 aliphatic carbocycles. The number of hydrogen-bond acceptors (Lipinski definition) is 5. The maximum Gasteiger partial charge on any atom is 0.336 e. The van der Waals surface area contributed by atoms with Crippen molar-refractivity contribution in [3.63, 3.8) is 0 Å². The van der Waals surface area contributed by atoms with Gasteiger partial charge in [-0.1, -0.05) is 30.3 Å². The zero-order valence-corrected chi connectivity index (χ0v) is 17.9. The van der Waals surface area contributed by atoms with Crippen molar-refractivity contribution in [3.8, 4) is 45.1 Å². The van der Waals surface area contributed by atoms with Gasteiger partial charge in [-0.15, -0.1) is 0 Å². The number of carbonyl (C=O) groups is 1. The second kappa shape index (κ2) is 7.78. The van der Waals surface area contributed by atoms with Gasteiger partial charge in [0.25, 0.3) is 0 Å². The third-order valence-corrected chi connectivity index (χ3v) is 6.00. The van der Waals surface area contributed by atoms with Crippen LogP contribution in [0.1, 0.15) is 10.4 Å². The molecule has 0 radical (unpaired) electrons. The molecule has 0 spiro atoms. The first-order valence-corrected chi connectivity index (χ1v) is 10.8. The number of aromatic carboxylic acids is 1. The fraction of sp³-hybridized carbons (Fsp3) is 0.0714. The van der Waals surface area contributed by atoms with Gasteiger partial charge in [0.2, 0.25) is 0 Å². The molecule has 6 nitrogen and oxygen atoms in total. The molecule has 6 heteroatoms. The number of hydrogen-bond donors (Lipinski definition) is 1. The first-order valence-electron chi connectivity index (χ1n) is 10.8. The van der Waals surface area contributed by atoms with Gasteiger partial charge in [-0.3, -0.25) is 4.79 Å². The summed E-state index contributed by atoms with van der Waals surface area (Å²) in [6.07, 6.45) is 0. The van der Waals surface area contributed by atoms with E-state index in [1.165, 1.54) is 12.1 Å². The molecule has 0 aromatic heterocycles. The Kier molecular flexibility index (Phi) is 4.59. The van der Waals surface area contributed by atoms with Crippen molar-refractivity contribution in [2.45, 2.75) is 0 Å². The summed E-state index contributed by atoms with van der Waals surface area (Å²) in [5.74, 6) is 0.772. The van der Waals surface area contributed by atoms with E-state index < -0.39 is 5.97 Å². The standard InChI is InChI=1S/C28H18O6/c29-18-7-9-22-25(15-18)34-24-13-16(17-6-10-23-26(14-17)33-12-11-32-23)5-8-21(24)27(22)19-3-1-2-4-20(19)28(30)31/h1-10,13-15H,11-12H2,(H,30,31). The van der Waals surface area contributed by atoms with Crippen LogP contribution in [-0.4, -0.2) is 24.3 Å². The number of fused-ring (bicyclic) bond motifs is 3. The monoisotopic (exact) mass is 450 g/mol. The second-order valence-electron chi connectivity index (χ2n) is 8.06. The number of rotatable bonds is 3. The van der Waals surface area contributed by atoms with Gasteiger partial charge in [-0.05, 0) is 59.2 Å². The fourth-order valence-electron chi connectivity index (χ4n) is 4.45.